The summed E-state index contributed by atoms with van der Waals surface area (Å²) < 4.78 is 32.9. The summed E-state index contributed by atoms with van der Waals surface area (Å²) in [6, 6.07) is 12.3. The van der Waals surface area contributed by atoms with Crippen molar-refractivity contribution in [1.29, 1.82) is 0 Å². The van der Waals surface area contributed by atoms with Crippen LogP contribution in [0.15, 0.2) is 53.4 Å². The molecule has 1 unspecified atom stereocenters. The van der Waals surface area contributed by atoms with Gasteiger partial charge in [0.2, 0.25) is 15.9 Å². The van der Waals surface area contributed by atoms with Crippen molar-refractivity contribution in [3.8, 4) is 5.75 Å². The minimum Gasteiger partial charge on any atom is -0.497 e. The first-order valence-electron chi connectivity index (χ1n) is 10.3. The van der Waals surface area contributed by atoms with E-state index in [1.807, 2.05) is 0 Å². The molecule has 0 aromatic heterocycles. The van der Waals surface area contributed by atoms with Gasteiger partial charge in [-0.15, -0.1) is 11.8 Å². The number of amides is 2. The molecule has 8 nitrogen and oxygen atoms in total. The number of nitrogens with zero attached hydrogens (tertiary/aromatic N) is 1. The molecule has 0 radical (unpaired) electrons. The highest BCUT2D eigenvalue weighted by molar-refractivity contribution is 7.99. The molecule has 2 aromatic carbocycles. The fourth-order valence-corrected chi connectivity index (χ4v) is 5.67. The number of methoxy groups -OCH3 is 1. The van der Waals surface area contributed by atoms with E-state index >= 15 is 0 Å². The number of benzene rings is 2. The molecular formula is C22H25N3O5S2. The van der Waals surface area contributed by atoms with Gasteiger partial charge in [0.1, 0.15) is 11.8 Å². The van der Waals surface area contributed by atoms with Crippen molar-refractivity contribution >= 4 is 39.3 Å². The van der Waals surface area contributed by atoms with Crippen LogP contribution in [0, 0.1) is 5.92 Å². The summed E-state index contributed by atoms with van der Waals surface area (Å²) in [7, 11) is -2.12. The maximum absolute atomic E-state index is 13.2. The van der Waals surface area contributed by atoms with Crippen LogP contribution in [0.3, 0.4) is 0 Å². The standard InChI is InChI=1S/C22H25N3O5S2/c1-30-18-9-7-17(8-10-18)24-21(26)20-13-31-14-25(20)22(27)16-3-2-4-19(11-16)32(28,29)23-12-15-5-6-15/h2-4,7-11,15,20,23H,5-6,12-14H2,1H3,(H,24,26). The summed E-state index contributed by atoms with van der Waals surface area (Å²) in [4.78, 5) is 27.5. The molecule has 2 N–H and O–H groups in total. The lowest BCUT2D eigenvalue weighted by Crippen LogP contribution is -2.44. The predicted octanol–water partition coefficient (Wildman–Crippen LogP) is 2.54. The zero-order chi connectivity index (χ0) is 22.7. The summed E-state index contributed by atoms with van der Waals surface area (Å²) in [5.41, 5.74) is 0.846. The molecule has 10 heteroatoms. The zero-order valence-electron chi connectivity index (χ0n) is 17.6. The van der Waals surface area contributed by atoms with E-state index < -0.39 is 16.1 Å². The maximum atomic E-state index is 13.2. The Labute approximate surface area is 191 Å². The molecule has 1 aliphatic heterocycles. The van der Waals surface area contributed by atoms with Gasteiger partial charge in [0.05, 0.1) is 17.9 Å². The Hall–Kier alpha value is -2.56. The summed E-state index contributed by atoms with van der Waals surface area (Å²) in [6.07, 6.45) is 2.07. The lowest BCUT2D eigenvalue weighted by Gasteiger charge is -2.23. The van der Waals surface area contributed by atoms with Gasteiger partial charge in [0.15, 0.2) is 0 Å². The largest absolute Gasteiger partial charge is 0.497 e. The number of ether oxygens (including phenoxy) is 1. The van der Waals surface area contributed by atoms with Gasteiger partial charge < -0.3 is 15.0 Å². The topological polar surface area (TPSA) is 105 Å². The Morgan fingerprint density at radius 2 is 1.91 bits per heavy atom. The number of anilines is 1. The van der Waals surface area contributed by atoms with Gasteiger partial charge in [-0.1, -0.05) is 6.07 Å². The number of carbonyl (C=O) groups excluding carboxylic acids is 2. The van der Waals surface area contributed by atoms with Gasteiger partial charge in [0, 0.05) is 23.5 Å². The van der Waals surface area contributed by atoms with E-state index in [1.54, 1.807) is 43.5 Å². The maximum Gasteiger partial charge on any atom is 0.255 e. The number of rotatable bonds is 8. The summed E-state index contributed by atoms with van der Waals surface area (Å²) in [5.74, 6) is 1.25. The van der Waals surface area contributed by atoms with Gasteiger partial charge >= 0.3 is 0 Å². The van der Waals surface area contributed by atoms with Crippen LogP contribution in [0.4, 0.5) is 5.69 Å². The molecule has 0 spiro atoms. The molecule has 2 aromatic rings. The van der Waals surface area contributed by atoms with Gasteiger partial charge in [-0.25, -0.2) is 13.1 Å². The van der Waals surface area contributed by atoms with E-state index in [0.29, 0.717) is 35.5 Å². The van der Waals surface area contributed by atoms with Gasteiger partial charge in [-0.3, -0.25) is 9.59 Å². The first kappa shape index (κ1) is 22.6. The van der Waals surface area contributed by atoms with Crippen molar-refractivity contribution in [3.05, 3.63) is 54.1 Å². The van der Waals surface area contributed by atoms with Crippen molar-refractivity contribution in [3.63, 3.8) is 0 Å². The normalized spacial score (nSPS) is 18.4. The Morgan fingerprint density at radius 1 is 1.16 bits per heavy atom. The van der Waals surface area contributed by atoms with Crippen LogP contribution in [0.1, 0.15) is 23.2 Å². The van der Waals surface area contributed by atoms with E-state index in [2.05, 4.69) is 10.0 Å². The second-order valence-corrected chi connectivity index (χ2v) is 10.6. The molecule has 2 amide bonds. The molecule has 4 rings (SSSR count). The Balaban J connectivity index is 1.46. The number of nitrogens with one attached hydrogen (secondary N) is 2. The SMILES string of the molecule is COc1ccc(NC(=O)C2CSCN2C(=O)c2cccc(S(=O)(=O)NCC3CC3)c2)cc1. The fraction of sp³-hybridized carbons (Fsp3) is 0.364. The van der Waals surface area contributed by atoms with E-state index in [4.69, 9.17) is 4.74 Å². The molecule has 0 bridgehead atoms. The second kappa shape index (κ2) is 9.51. The minimum atomic E-state index is -3.69. The van der Waals surface area contributed by atoms with Crippen molar-refractivity contribution in [2.24, 2.45) is 5.92 Å². The van der Waals surface area contributed by atoms with Crippen LogP contribution >= 0.6 is 11.8 Å². The molecule has 1 heterocycles. The number of hydrogen-bond acceptors (Lipinski definition) is 6. The van der Waals surface area contributed by atoms with E-state index in [-0.39, 0.29) is 22.3 Å². The quantitative estimate of drug-likeness (QED) is 0.608. The Morgan fingerprint density at radius 3 is 2.59 bits per heavy atom. The average Bonchev–Trinajstić information content (AvgIpc) is 3.51. The molecule has 170 valence electrons. The van der Waals surface area contributed by atoms with Crippen molar-refractivity contribution in [2.75, 3.05) is 30.6 Å². The zero-order valence-corrected chi connectivity index (χ0v) is 19.2. The molecule has 1 atom stereocenters. The second-order valence-electron chi connectivity index (χ2n) is 7.83. The van der Waals surface area contributed by atoms with Crippen molar-refractivity contribution < 1.29 is 22.7 Å². The minimum absolute atomic E-state index is 0.0510. The third kappa shape index (κ3) is 5.25. The molecular weight excluding hydrogens is 450 g/mol. The van der Waals surface area contributed by atoms with Crippen molar-refractivity contribution in [2.45, 2.75) is 23.8 Å². The lowest BCUT2D eigenvalue weighted by molar-refractivity contribution is -0.119. The molecule has 2 fully saturated rings. The highest BCUT2D eigenvalue weighted by atomic mass is 32.2. The third-order valence-electron chi connectivity index (χ3n) is 5.45. The first-order valence-corrected chi connectivity index (χ1v) is 12.9. The van der Waals surface area contributed by atoms with Crippen LogP contribution in [0.25, 0.3) is 0 Å². The van der Waals surface area contributed by atoms with E-state index in [1.165, 1.54) is 28.8 Å². The van der Waals surface area contributed by atoms with Crippen molar-refractivity contribution in [1.82, 2.24) is 9.62 Å². The molecule has 1 saturated heterocycles. The summed E-state index contributed by atoms with van der Waals surface area (Å²) >= 11 is 1.48. The Bertz CT molecular complexity index is 1100. The van der Waals surface area contributed by atoms with Crippen LogP contribution in [-0.4, -0.2) is 56.5 Å². The van der Waals surface area contributed by atoms with Crippen LogP contribution < -0.4 is 14.8 Å². The molecule has 1 aliphatic carbocycles. The summed E-state index contributed by atoms with van der Waals surface area (Å²) in [5, 5.41) is 2.83. The monoisotopic (exact) mass is 475 g/mol. The number of thioether (sulfide) groups is 1. The third-order valence-corrected chi connectivity index (χ3v) is 7.89. The Kier molecular flexibility index (Phi) is 6.73. The predicted molar refractivity (Wildman–Crippen MR) is 123 cm³/mol. The molecule has 1 saturated carbocycles. The van der Waals surface area contributed by atoms with E-state index in [0.717, 1.165) is 12.8 Å². The highest BCUT2D eigenvalue weighted by Gasteiger charge is 2.35. The van der Waals surface area contributed by atoms with Gasteiger partial charge in [-0.05, 0) is 61.2 Å². The van der Waals surface area contributed by atoms with Crippen LogP contribution in [-0.2, 0) is 14.8 Å². The number of carbonyl (C=O) groups is 2. The lowest BCUT2D eigenvalue weighted by atomic mass is 10.1. The van der Waals surface area contributed by atoms with Gasteiger partial charge in [-0.2, -0.15) is 0 Å². The number of sulfonamides is 1. The first-order chi connectivity index (χ1) is 15.4. The highest BCUT2D eigenvalue weighted by Crippen LogP contribution is 2.29. The average molecular weight is 476 g/mol. The molecule has 32 heavy (non-hydrogen) atoms. The smallest absolute Gasteiger partial charge is 0.255 e. The van der Waals surface area contributed by atoms with E-state index in [9.17, 15) is 18.0 Å². The van der Waals surface area contributed by atoms with Gasteiger partial charge in [0.25, 0.3) is 5.91 Å². The van der Waals surface area contributed by atoms with Crippen LogP contribution in [0.2, 0.25) is 0 Å². The fourth-order valence-electron chi connectivity index (χ4n) is 3.35. The molecule has 2 aliphatic rings. The number of hydrogen-bond donors (Lipinski definition) is 2. The summed E-state index contributed by atoms with van der Waals surface area (Å²) in [6.45, 7) is 0.414. The van der Waals surface area contributed by atoms with Crippen LogP contribution in [0.5, 0.6) is 5.75 Å².